The molecule has 0 aromatic heterocycles. The Labute approximate surface area is 104 Å². The molecule has 3 nitrogen and oxygen atoms in total. The largest absolute Gasteiger partial charge is 0.497 e. The van der Waals surface area contributed by atoms with Gasteiger partial charge >= 0.3 is 0 Å². The van der Waals surface area contributed by atoms with Crippen molar-refractivity contribution in [3.63, 3.8) is 0 Å². The van der Waals surface area contributed by atoms with Gasteiger partial charge in [0.05, 0.1) is 12.7 Å². The summed E-state index contributed by atoms with van der Waals surface area (Å²) in [6.45, 7) is 6.57. The number of methoxy groups -OCH3 is 1. The number of rotatable bonds is 6. The van der Waals surface area contributed by atoms with Gasteiger partial charge in [0.15, 0.2) is 0 Å². The molecule has 0 radical (unpaired) electrons. The van der Waals surface area contributed by atoms with Crippen molar-refractivity contribution in [1.29, 1.82) is 0 Å². The number of aliphatic hydroxyl groups is 1. The van der Waals surface area contributed by atoms with Gasteiger partial charge in [-0.05, 0) is 51.4 Å². The molecule has 1 aromatic rings. The molecule has 17 heavy (non-hydrogen) atoms. The van der Waals surface area contributed by atoms with Gasteiger partial charge < -0.3 is 15.2 Å². The van der Waals surface area contributed by atoms with Crippen LogP contribution < -0.4 is 10.1 Å². The smallest absolute Gasteiger partial charge is 0.118 e. The Morgan fingerprint density at radius 1 is 1.29 bits per heavy atom. The first-order valence-electron chi connectivity index (χ1n) is 6.02. The van der Waals surface area contributed by atoms with E-state index in [0.717, 1.165) is 18.7 Å². The Kier molecular flexibility index (Phi) is 4.97. The normalized spacial score (nSPS) is 13.5. The maximum absolute atomic E-state index is 9.61. The lowest BCUT2D eigenvalue weighted by Crippen LogP contribution is -2.28. The van der Waals surface area contributed by atoms with E-state index < -0.39 is 5.60 Å². The summed E-state index contributed by atoms with van der Waals surface area (Å²) in [5.41, 5.74) is 0.619. The molecule has 0 saturated heterocycles. The van der Waals surface area contributed by atoms with Crippen LogP contribution in [0, 0.1) is 0 Å². The van der Waals surface area contributed by atoms with Gasteiger partial charge in [0.1, 0.15) is 5.75 Å². The first kappa shape index (κ1) is 14.0. The van der Waals surface area contributed by atoms with E-state index in [0.29, 0.717) is 0 Å². The summed E-state index contributed by atoms with van der Waals surface area (Å²) < 4.78 is 5.12. The number of hydrogen-bond acceptors (Lipinski definition) is 3. The van der Waals surface area contributed by atoms with Crippen LogP contribution >= 0.6 is 0 Å². The predicted molar refractivity (Wildman–Crippen MR) is 70.3 cm³/mol. The van der Waals surface area contributed by atoms with Crippen LogP contribution in [0.2, 0.25) is 0 Å². The van der Waals surface area contributed by atoms with Crippen LogP contribution in [0.3, 0.4) is 0 Å². The molecule has 0 amide bonds. The molecule has 0 fully saturated rings. The van der Waals surface area contributed by atoms with Crippen molar-refractivity contribution < 1.29 is 9.84 Å². The minimum Gasteiger partial charge on any atom is -0.497 e. The summed E-state index contributed by atoms with van der Waals surface area (Å²) in [6.07, 6.45) is 0.744. The fourth-order valence-corrected chi connectivity index (χ4v) is 1.61. The van der Waals surface area contributed by atoms with Crippen molar-refractivity contribution in [1.82, 2.24) is 5.32 Å². The highest BCUT2D eigenvalue weighted by molar-refractivity contribution is 5.28. The van der Waals surface area contributed by atoms with E-state index >= 15 is 0 Å². The Balaban J connectivity index is 2.43. The van der Waals surface area contributed by atoms with Gasteiger partial charge in [-0.15, -0.1) is 0 Å². The molecule has 1 rings (SSSR count). The van der Waals surface area contributed by atoms with E-state index in [4.69, 9.17) is 4.74 Å². The van der Waals surface area contributed by atoms with E-state index in [1.165, 1.54) is 5.56 Å². The molecule has 1 aromatic carbocycles. The molecule has 96 valence electrons. The van der Waals surface area contributed by atoms with Gasteiger partial charge in [0.2, 0.25) is 0 Å². The van der Waals surface area contributed by atoms with Crippen molar-refractivity contribution in [2.75, 3.05) is 13.7 Å². The molecule has 0 aliphatic heterocycles. The average molecular weight is 237 g/mol. The highest BCUT2D eigenvalue weighted by atomic mass is 16.5. The molecule has 1 unspecified atom stereocenters. The van der Waals surface area contributed by atoms with Crippen LogP contribution in [0.5, 0.6) is 5.75 Å². The van der Waals surface area contributed by atoms with Gasteiger partial charge in [-0.1, -0.05) is 12.1 Å². The highest BCUT2D eigenvalue weighted by Gasteiger charge is 2.12. The van der Waals surface area contributed by atoms with Crippen molar-refractivity contribution in [2.45, 2.75) is 38.8 Å². The molecule has 0 aliphatic carbocycles. The molecule has 0 heterocycles. The predicted octanol–water partition coefficient (Wildman–Crippen LogP) is 2.51. The van der Waals surface area contributed by atoms with Gasteiger partial charge in [0, 0.05) is 6.04 Å². The maximum Gasteiger partial charge on any atom is 0.118 e. The molecule has 1 atom stereocenters. The third-order valence-corrected chi connectivity index (χ3v) is 2.80. The summed E-state index contributed by atoms with van der Waals surface area (Å²) >= 11 is 0. The molecule has 3 heteroatoms. The minimum atomic E-state index is -0.605. The van der Waals surface area contributed by atoms with Crippen molar-refractivity contribution >= 4 is 0 Å². The number of ether oxygens (including phenoxy) is 1. The Hall–Kier alpha value is -1.06. The van der Waals surface area contributed by atoms with Crippen LogP contribution in [0.4, 0.5) is 0 Å². The SMILES string of the molecule is COc1ccc(C(C)NCCC(C)(C)O)cc1. The minimum absolute atomic E-state index is 0.281. The van der Waals surface area contributed by atoms with Gasteiger partial charge in [-0.25, -0.2) is 0 Å². The van der Waals surface area contributed by atoms with E-state index in [1.54, 1.807) is 7.11 Å². The van der Waals surface area contributed by atoms with Crippen molar-refractivity contribution in [3.8, 4) is 5.75 Å². The molecule has 2 N–H and O–H groups in total. The third kappa shape index (κ3) is 5.20. The molecule has 0 saturated carbocycles. The van der Waals surface area contributed by atoms with Crippen LogP contribution in [-0.2, 0) is 0 Å². The topological polar surface area (TPSA) is 41.5 Å². The quantitative estimate of drug-likeness (QED) is 0.798. The summed E-state index contributed by atoms with van der Waals surface area (Å²) in [5.74, 6) is 0.873. The fourth-order valence-electron chi connectivity index (χ4n) is 1.61. The summed E-state index contributed by atoms with van der Waals surface area (Å²) in [4.78, 5) is 0. The summed E-state index contributed by atoms with van der Waals surface area (Å²) in [5, 5.41) is 13.0. The standard InChI is InChI=1S/C14H23NO2/c1-11(15-10-9-14(2,3)16)12-5-7-13(17-4)8-6-12/h5-8,11,15-16H,9-10H2,1-4H3. The van der Waals surface area contributed by atoms with Crippen LogP contribution in [-0.4, -0.2) is 24.4 Å². The Morgan fingerprint density at radius 3 is 2.35 bits per heavy atom. The monoisotopic (exact) mass is 237 g/mol. The lowest BCUT2D eigenvalue weighted by atomic mass is 10.0. The lowest BCUT2D eigenvalue weighted by Gasteiger charge is -2.20. The van der Waals surface area contributed by atoms with Crippen molar-refractivity contribution in [2.24, 2.45) is 0 Å². The second-order valence-electron chi connectivity index (χ2n) is 5.01. The van der Waals surface area contributed by atoms with Crippen molar-refractivity contribution in [3.05, 3.63) is 29.8 Å². The third-order valence-electron chi connectivity index (χ3n) is 2.80. The van der Waals surface area contributed by atoms with E-state index in [2.05, 4.69) is 24.4 Å². The van der Waals surface area contributed by atoms with Gasteiger partial charge in [0.25, 0.3) is 0 Å². The highest BCUT2D eigenvalue weighted by Crippen LogP contribution is 2.17. The second-order valence-corrected chi connectivity index (χ2v) is 5.01. The zero-order chi connectivity index (χ0) is 12.9. The van der Waals surface area contributed by atoms with Crippen LogP contribution in [0.25, 0.3) is 0 Å². The first-order chi connectivity index (χ1) is 7.92. The van der Waals surface area contributed by atoms with E-state index in [9.17, 15) is 5.11 Å². The number of hydrogen-bond donors (Lipinski definition) is 2. The summed E-state index contributed by atoms with van der Waals surface area (Å²) in [6, 6.07) is 8.32. The summed E-state index contributed by atoms with van der Waals surface area (Å²) in [7, 11) is 1.67. The fraction of sp³-hybridized carbons (Fsp3) is 0.571. The number of nitrogens with one attached hydrogen (secondary N) is 1. The molecular formula is C14H23NO2. The molecular weight excluding hydrogens is 214 g/mol. The molecule has 0 bridgehead atoms. The average Bonchev–Trinajstić information content (AvgIpc) is 2.27. The lowest BCUT2D eigenvalue weighted by molar-refractivity contribution is 0.0705. The van der Waals surface area contributed by atoms with E-state index in [-0.39, 0.29) is 6.04 Å². The van der Waals surface area contributed by atoms with Gasteiger partial charge in [-0.3, -0.25) is 0 Å². The second kappa shape index (κ2) is 6.03. The maximum atomic E-state index is 9.61. The van der Waals surface area contributed by atoms with Gasteiger partial charge in [-0.2, -0.15) is 0 Å². The zero-order valence-electron chi connectivity index (χ0n) is 11.2. The Morgan fingerprint density at radius 2 is 1.88 bits per heavy atom. The Bertz CT molecular complexity index is 327. The number of benzene rings is 1. The molecule has 0 aliphatic rings. The van der Waals surface area contributed by atoms with Crippen LogP contribution in [0.15, 0.2) is 24.3 Å². The zero-order valence-corrected chi connectivity index (χ0v) is 11.2. The molecule has 0 spiro atoms. The first-order valence-corrected chi connectivity index (χ1v) is 6.02. The van der Waals surface area contributed by atoms with Crippen LogP contribution in [0.1, 0.15) is 38.8 Å². The van der Waals surface area contributed by atoms with E-state index in [1.807, 2.05) is 26.0 Å².